The van der Waals surface area contributed by atoms with Crippen LogP contribution in [0, 0.1) is 0 Å². The zero-order valence-corrected chi connectivity index (χ0v) is 22.7. The van der Waals surface area contributed by atoms with Gasteiger partial charge >= 0.3 is 0 Å². The maximum absolute atomic E-state index is 11.3. The Hall–Kier alpha value is -3.41. The van der Waals surface area contributed by atoms with Gasteiger partial charge in [0.2, 0.25) is 0 Å². The van der Waals surface area contributed by atoms with Crippen LogP contribution >= 0.6 is 0 Å². The molecule has 5 nitrogen and oxygen atoms in total. The highest BCUT2D eigenvalue weighted by atomic mass is 16.5. The summed E-state index contributed by atoms with van der Waals surface area (Å²) in [6.07, 6.45) is 2.71. The van der Waals surface area contributed by atoms with Crippen molar-refractivity contribution in [1.82, 2.24) is 10.3 Å². The van der Waals surface area contributed by atoms with Crippen molar-refractivity contribution in [3.8, 4) is 5.75 Å². The van der Waals surface area contributed by atoms with Crippen LogP contribution in [0.2, 0.25) is 0 Å². The average molecular weight is 510 g/mol. The summed E-state index contributed by atoms with van der Waals surface area (Å²) in [6.45, 7) is 8.23. The molecular formula is C33H39N3O2. The third-order valence-corrected chi connectivity index (χ3v) is 7.35. The summed E-state index contributed by atoms with van der Waals surface area (Å²) in [6, 6.07) is 28.9. The van der Waals surface area contributed by atoms with E-state index in [2.05, 4.69) is 86.0 Å². The normalized spacial score (nSPS) is 16.2. The third-order valence-electron chi connectivity index (χ3n) is 7.35. The van der Waals surface area contributed by atoms with Gasteiger partial charge in [0.05, 0.1) is 11.1 Å². The molecule has 198 valence electrons. The molecule has 0 bridgehead atoms. The van der Waals surface area contributed by atoms with Crippen molar-refractivity contribution in [2.24, 2.45) is 0 Å². The van der Waals surface area contributed by atoms with E-state index in [0.717, 1.165) is 66.1 Å². The molecule has 0 spiro atoms. The molecule has 0 saturated carbocycles. The van der Waals surface area contributed by atoms with E-state index < -0.39 is 5.60 Å². The molecule has 1 unspecified atom stereocenters. The Bertz CT molecular complexity index is 1360. The largest absolute Gasteiger partial charge is 0.490 e. The monoisotopic (exact) mass is 509 g/mol. The van der Waals surface area contributed by atoms with Crippen LogP contribution in [0.1, 0.15) is 51.3 Å². The number of pyridine rings is 1. The molecule has 1 aliphatic rings. The highest BCUT2D eigenvalue weighted by molar-refractivity contribution is 5.93. The predicted molar refractivity (Wildman–Crippen MR) is 156 cm³/mol. The van der Waals surface area contributed by atoms with Crippen molar-refractivity contribution in [2.45, 2.75) is 63.6 Å². The number of nitrogens with zero attached hydrogens (tertiary/aromatic N) is 1. The van der Waals surface area contributed by atoms with E-state index in [0.29, 0.717) is 6.42 Å². The van der Waals surface area contributed by atoms with Crippen LogP contribution in [0.15, 0.2) is 84.9 Å². The van der Waals surface area contributed by atoms with Crippen LogP contribution in [0.5, 0.6) is 5.75 Å². The van der Waals surface area contributed by atoms with Gasteiger partial charge in [-0.3, -0.25) is 4.98 Å². The lowest BCUT2D eigenvalue weighted by atomic mass is 9.85. The fraction of sp³-hybridized carbons (Fsp3) is 0.364. The Morgan fingerprint density at radius 1 is 0.947 bits per heavy atom. The lowest BCUT2D eigenvalue weighted by Crippen LogP contribution is -2.45. The molecule has 1 fully saturated rings. The molecule has 0 radical (unpaired) electrons. The number of hydrogen-bond donors (Lipinski definition) is 3. The van der Waals surface area contributed by atoms with Crippen molar-refractivity contribution in [1.29, 1.82) is 0 Å². The molecule has 3 N–H and O–H groups in total. The number of piperidine rings is 1. The summed E-state index contributed by atoms with van der Waals surface area (Å²) in [5.74, 6) is 0.794. The van der Waals surface area contributed by atoms with E-state index in [1.54, 1.807) is 0 Å². The van der Waals surface area contributed by atoms with Gasteiger partial charge in [-0.1, -0.05) is 75.4 Å². The van der Waals surface area contributed by atoms with Gasteiger partial charge in [-0.15, -0.1) is 0 Å². The summed E-state index contributed by atoms with van der Waals surface area (Å²) in [7, 11) is 0. The number of para-hydroxylation sites is 1. The van der Waals surface area contributed by atoms with Gasteiger partial charge in [-0.25, -0.2) is 0 Å². The van der Waals surface area contributed by atoms with Crippen LogP contribution in [0.25, 0.3) is 10.9 Å². The molecule has 0 aliphatic carbocycles. The number of ether oxygens (including phenoxy) is 1. The van der Waals surface area contributed by atoms with Crippen LogP contribution < -0.4 is 15.4 Å². The summed E-state index contributed by atoms with van der Waals surface area (Å²) in [4.78, 5) is 4.91. The predicted octanol–water partition coefficient (Wildman–Crippen LogP) is 6.77. The highest BCUT2D eigenvalue weighted by Crippen LogP contribution is 2.33. The number of anilines is 2. The van der Waals surface area contributed by atoms with Crippen LogP contribution in [-0.4, -0.2) is 34.9 Å². The van der Waals surface area contributed by atoms with Crippen molar-refractivity contribution < 1.29 is 9.84 Å². The first-order valence-electron chi connectivity index (χ1n) is 13.7. The highest BCUT2D eigenvalue weighted by Gasteiger charge is 2.33. The minimum atomic E-state index is -0.708. The molecule has 2 heterocycles. The van der Waals surface area contributed by atoms with Gasteiger partial charge in [0, 0.05) is 46.8 Å². The van der Waals surface area contributed by atoms with Gasteiger partial charge < -0.3 is 20.5 Å². The van der Waals surface area contributed by atoms with E-state index >= 15 is 0 Å². The maximum Gasteiger partial charge on any atom is 0.121 e. The fourth-order valence-electron chi connectivity index (χ4n) is 5.21. The van der Waals surface area contributed by atoms with Crippen molar-refractivity contribution in [3.05, 3.63) is 96.2 Å². The second kappa shape index (κ2) is 11.1. The number of benzene rings is 3. The molecular weight excluding hydrogens is 470 g/mol. The third kappa shape index (κ3) is 6.53. The van der Waals surface area contributed by atoms with E-state index in [9.17, 15) is 5.11 Å². The SMILES string of the molecule is CC(C)(C)c1cc(Nc2cccc(OC(Cc3ccccc3)CC3(O)CCNCC3)c2)c2ccccc2n1. The number of nitrogens with one attached hydrogen (secondary N) is 2. The molecule has 1 saturated heterocycles. The van der Waals surface area contributed by atoms with Crippen molar-refractivity contribution >= 4 is 22.3 Å². The van der Waals surface area contributed by atoms with E-state index in [-0.39, 0.29) is 11.5 Å². The molecule has 1 aliphatic heterocycles. The quantitative estimate of drug-likeness (QED) is 0.245. The molecule has 4 aromatic rings. The van der Waals surface area contributed by atoms with Gasteiger partial charge in [0.15, 0.2) is 0 Å². The number of fused-ring (bicyclic) bond motifs is 1. The molecule has 3 aromatic carbocycles. The lowest BCUT2D eigenvalue weighted by molar-refractivity contribution is -0.0268. The molecule has 1 aromatic heterocycles. The summed E-state index contributed by atoms with van der Waals surface area (Å²) in [5.41, 5.74) is 4.45. The Kier molecular flexibility index (Phi) is 7.68. The van der Waals surface area contributed by atoms with Gasteiger partial charge in [-0.05, 0) is 55.8 Å². The molecule has 5 rings (SSSR count). The Morgan fingerprint density at radius 2 is 1.68 bits per heavy atom. The molecule has 1 atom stereocenters. The first kappa shape index (κ1) is 26.2. The standard InChI is InChI=1S/C33H39N3O2/c1-32(2,3)31-22-30(28-14-7-8-15-29(28)36-31)35-25-12-9-13-26(21-25)38-27(20-24-10-5-4-6-11-24)23-33(37)16-18-34-19-17-33/h4-15,21-22,27,34,37H,16-20,23H2,1-3H3,(H,35,36). The van der Waals surface area contributed by atoms with Crippen molar-refractivity contribution in [2.75, 3.05) is 18.4 Å². The fourth-order valence-corrected chi connectivity index (χ4v) is 5.21. The maximum atomic E-state index is 11.3. The number of aromatic nitrogens is 1. The first-order valence-corrected chi connectivity index (χ1v) is 13.7. The van der Waals surface area contributed by atoms with Crippen LogP contribution in [-0.2, 0) is 11.8 Å². The molecule has 5 heteroatoms. The van der Waals surface area contributed by atoms with Gasteiger partial charge in [0.1, 0.15) is 11.9 Å². The van der Waals surface area contributed by atoms with Crippen molar-refractivity contribution in [3.63, 3.8) is 0 Å². The van der Waals surface area contributed by atoms with E-state index in [4.69, 9.17) is 9.72 Å². The molecule has 38 heavy (non-hydrogen) atoms. The van der Waals surface area contributed by atoms with E-state index in [1.807, 2.05) is 30.3 Å². The zero-order chi connectivity index (χ0) is 26.6. The first-order chi connectivity index (χ1) is 18.3. The Balaban J connectivity index is 1.40. The number of hydrogen-bond acceptors (Lipinski definition) is 5. The summed E-state index contributed by atoms with van der Waals surface area (Å²) >= 11 is 0. The zero-order valence-electron chi connectivity index (χ0n) is 22.7. The Labute approximate surface area is 226 Å². The topological polar surface area (TPSA) is 66.4 Å². The average Bonchev–Trinajstić information content (AvgIpc) is 2.89. The smallest absolute Gasteiger partial charge is 0.121 e. The van der Waals surface area contributed by atoms with Gasteiger partial charge in [0.25, 0.3) is 0 Å². The summed E-state index contributed by atoms with van der Waals surface area (Å²) in [5, 5.41) is 19.4. The minimum Gasteiger partial charge on any atom is -0.490 e. The van der Waals surface area contributed by atoms with Crippen LogP contribution in [0.3, 0.4) is 0 Å². The summed E-state index contributed by atoms with van der Waals surface area (Å²) < 4.78 is 6.60. The van der Waals surface area contributed by atoms with E-state index in [1.165, 1.54) is 5.56 Å². The lowest BCUT2D eigenvalue weighted by Gasteiger charge is -2.35. The molecule has 0 amide bonds. The second-order valence-corrected chi connectivity index (χ2v) is 11.6. The number of rotatable bonds is 8. The minimum absolute atomic E-state index is 0.0645. The Morgan fingerprint density at radius 3 is 2.45 bits per heavy atom. The van der Waals surface area contributed by atoms with Crippen LogP contribution in [0.4, 0.5) is 11.4 Å². The number of aliphatic hydroxyl groups is 1. The van der Waals surface area contributed by atoms with Gasteiger partial charge in [-0.2, -0.15) is 0 Å². The second-order valence-electron chi connectivity index (χ2n) is 11.6.